The quantitative estimate of drug-likeness (QED) is 0.824. The van der Waals surface area contributed by atoms with Crippen LogP contribution < -0.4 is 4.90 Å². The number of carboxylic acids is 1. The zero-order chi connectivity index (χ0) is 13.5. The maximum Gasteiger partial charge on any atom is 0.323 e. The van der Waals surface area contributed by atoms with Gasteiger partial charge >= 0.3 is 5.97 Å². The summed E-state index contributed by atoms with van der Waals surface area (Å²) in [7, 11) is 1.48. The molecule has 18 heavy (non-hydrogen) atoms. The van der Waals surface area contributed by atoms with Gasteiger partial charge in [-0.2, -0.15) is 5.26 Å². The Morgan fingerprint density at radius 1 is 1.61 bits per heavy atom. The Morgan fingerprint density at radius 2 is 2.33 bits per heavy atom. The minimum Gasteiger partial charge on any atom is -0.480 e. The van der Waals surface area contributed by atoms with Gasteiger partial charge in [0.05, 0.1) is 12.3 Å². The number of aliphatic carboxylic acids is 1. The van der Waals surface area contributed by atoms with Crippen molar-refractivity contribution in [3.05, 3.63) is 29.6 Å². The fourth-order valence-electron chi connectivity index (χ4n) is 1.54. The number of carbonyl (C=O) groups is 1. The highest BCUT2D eigenvalue weighted by atomic mass is 19.1. The van der Waals surface area contributed by atoms with Crippen LogP contribution in [0.5, 0.6) is 0 Å². The van der Waals surface area contributed by atoms with E-state index in [4.69, 9.17) is 15.1 Å². The molecule has 1 aromatic rings. The van der Waals surface area contributed by atoms with E-state index in [2.05, 4.69) is 0 Å². The lowest BCUT2D eigenvalue weighted by Crippen LogP contribution is -2.33. The molecular formula is C12H13FN2O3. The zero-order valence-corrected chi connectivity index (χ0v) is 9.89. The number of benzene rings is 1. The van der Waals surface area contributed by atoms with Crippen molar-refractivity contribution >= 4 is 11.7 Å². The summed E-state index contributed by atoms with van der Waals surface area (Å²) >= 11 is 0. The van der Waals surface area contributed by atoms with E-state index in [-0.39, 0.29) is 30.9 Å². The van der Waals surface area contributed by atoms with Crippen LogP contribution in [-0.2, 0) is 9.53 Å². The lowest BCUT2D eigenvalue weighted by molar-refractivity contribution is -0.135. The number of hydrogen-bond acceptors (Lipinski definition) is 4. The first kappa shape index (κ1) is 13.9. The lowest BCUT2D eigenvalue weighted by atomic mass is 10.1. The van der Waals surface area contributed by atoms with Crippen molar-refractivity contribution in [2.45, 2.75) is 0 Å². The fourth-order valence-corrected chi connectivity index (χ4v) is 1.54. The lowest BCUT2D eigenvalue weighted by Gasteiger charge is -2.23. The molecule has 1 aromatic carbocycles. The van der Waals surface area contributed by atoms with Crippen molar-refractivity contribution in [1.29, 1.82) is 5.26 Å². The van der Waals surface area contributed by atoms with Gasteiger partial charge in [-0.3, -0.25) is 4.79 Å². The Bertz CT molecular complexity index is 471. The summed E-state index contributed by atoms with van der Waals surface area (Å²) in [6.07, 6.45) is 0. The van der Waals surface area contributed by atoms with Gasteiger partial charge < -0.3 is 14.7 Å². The van der Waals surface area contributed by atoms with Crippen LogP contribution in [0.2, 0.25) is 0 Å². The summed E-state index contributed by atoms with van der Waals surface area (Å²) in [5.74, 6) is -1.72. The van der Waals surface area contributed by atoms with Crippen molar-refractivity contribution in [1.82, 2.24) is 0 Å². The molecule has 0 fully saturated rings. The van der Waals surface area contributed by atoms with E-state index in [1.165, 1.54) is 24.1 Å². The number of carboxylic acid groups (broad SMARTS) is 1. The average molecular weight is 252 g/mol. The molecule has 0 spiro atoms. The van der Waals surface area contributed by atoms with E-state index in [9.17, 15) is 9.18 Å². The molecule has 0 aliphatic rings. The molecule has 1 N–H and O–H groups in total. The van der Waals surface area contributed by atoms with Gasteiger partial charge in [-0.25, -0.2) is 4.39 Å². The van der Waals surface area contributed by atoms with Gasteiger partial charge in [0.15, 0.2) is 0 Å². The summed E-state index contributed by atoms with van der Waals surface area (Å²) in [4.78, 5) is 12.2. The molecule has 0 aliphatic carbocycles. The van der Waals surface area contributed by atoms with Gasteiger partial charge in [0.2, 0.25) is 0 Å². The molecule has 0 saturated carbocycles. The monoisotopic (exact) mass is 252 g/mol. The van der Waals surface area contributed by atoms with Gasteiger partial charge in [-0.05, 0) is 12.1 Å². The highest BCUT2D eigenvalue weighted by molar-refractivity contribution is 5.75. The van der Waals surface area contributed by atoms with Crippen LogP contribution >= 0.6 is 0 Å². The van der Waals surface area contributed by atoms with E-state index in [1.54, 1.807) is 6.07 Å². The summed E-state index contributed by atoms with van der Waals surface area (Å²) < 4.78 is 18.3. The highest BCUT2D eigenvalue weighted by Gasteiger charge is 2.16. The molecule has 96 valence electrons. The van der Waals surface area contributed by atoms with Gasteiger partial charge in [-0.15, -0.1) is 0 Å². The summed E-state index contributed by atoms with van der Waals surface area (Å²) in [6, 6.07) is 5.86. The van der Waals surface area contributed by atoms with Gasteiger partial charge in [0, 0.05) is 13.7 Å². The van der Waals surface area contributed by atoms with Gasteiger partial charge in [-0.1, -0.05) is 6.07 Å². The maximum absolute atomic E-state index is 13.4. The Morgan fingerprint density at radius 3 is 2.89 bits per heavy atom. The summed E-state index contributed by atoms with van der Waals surface area (Å²) in [5.41, 5.74) is 0.104. The Balaban J connectivity index is 3.08. The third-order valence-corrected chi connectivity index (χ3v) is 2.34. The Kier molecular flexibility index (Phi) is 5.08. The number of rotatable bonds is 6. The molecule has 6 heteroatoms. The summed E-state index contributed by atoms with van der Waals surface area (Å²) in [5, 5.41) is 17.7. The first-order valence-electron chi connectivity index (χ1n) is 5.24. The average Bonchev–Trinajstić information content (AvgIpc) is 2.33. The van der Waals surface area contributed by atoms with Crippen molar-refractivity contribution in [2.24, 2.45) is 0 Å². The maximum atomic E-state index is 13.4. The second-order valence-electron chi connectivity index (χ2n) is 3.55. The predicted octanol–water partition coefficient (Wildman–Crippen LogP) is 1.23. The SMILES string of the molecule is COCCN(CC(=O)O)c1cccc(F)c1C#N. The normalized spacial score (nSPS) is 9.83. The number of nitrogens with zero attached hydrogens (tertiary/aromatic N) is 2. The molecule has 5 nitrogen and oxygen atoms in total. The molecule has 0 atom stereocenters. The number of anilines is 1. The van der Waals surface area contributed by atoms with E-state index in [1.807, 2.05) is 0 Å². The first-order valence-corrected chi connectivity index (χ1v) is 5.24. The molecule has 0 bridgehead atoms. The molecule has 0 saturated heterocycles. The van der Waals surface area contributed by atoms with Crippen molar-refractivity contribution < 1.29 is 19.0 Å². The largest absolute Gasteiger partial charge is 0.480 e. The third-order valence-electron chi connectivity index (χ3n) is 2.34. The molecule has 0 heterocycles. The second kappa shape index (κ2) is 6.57. The van der Waals surface area contributed by atoms with Gasteiger partial charge in [0.25, 0.3) is 0 Å². The minimum absolute atomic E-state index is 0.158. The van der Waals surface area contributed by atoms with Crippen LogP contribution in [0, 0.1) is 17.1 Å². The first-order chi connectivity index (χ1) is 8.60. The van der Waals surface area contributed by atoms with E-state index >= 15 is 0 Å². The molecule has 0 aromatic heterocycles. The molecule has 0 unspecified atom stereocenters. The zero-order valence-electron chi connectivity index (χ0n) is 9.89. The number of hydrogen-bond donors (Lipinski definition) is 1. The van der Waals surface area contributed by atoms with E-state index < -0.39 is 11.8 Å². The Hall–Kier alpha value is -2.13. The standard InChI is InChI=1S/C12H13FN2O3/c1-18-6-5-15(8-12(16)17)11-4-2-3-10(13)9(11)7-14/h2-4H,5-6,8H2,1H3,(H,16,17). The molecule has 1 rings (SSSR count). The molecule has 0 amide bonds. The van der Waals surface area contributed by atoms with Crippen LogP contribution in [-0.4, -0.2) is 37.9 Å². The highest BCUT2D eigenvalue weighted by Crippen LogP contribution is 2.22. The van der Waals surface area contributed by atoms with Crippen LogP contribution in [0.15, 0.2) is 18.2 Å². The van der Waals surface area contributed by atoms with Crippen molar-refractivity contribution in [2.75, 3.05) is 31.7 Å². The predicted molar refractivity (Wildman–Crippen MR) is 62.8 cm³/mol. The Labute approximate surface area is 104 Å². The molecule has 0 radical (unpaired) electrons. The van der Waals surface area contributed by atoms with Crippen molar-refractivity contribution in [3.63, 3.8) is 0 Å². The van der Waals surface area contributed by atoms with Crippen LogP contribution in [0.25, 0.3) is 0 Å². The number of methoxy groups -OCH3 is 1. The smallest absolute Gasteiger partial charge is 0.323 e. The number of nitriles is 1. The topological polar surface area (TPSA) is 73.6 Å². The number of ether oxygens (including phenoxy) is 1. The third kappa shape index (κ3) is 3.43. The van der Waals surface area contributed by atoms with E-state index in [0.29, 0.717) is 0 Å². The van der Waals surface area contributed by atoms with Crippen LogP contribution in [0.1, 0.15) is 5.56 Å². The summed E-state index contributed by atoms with van der Waals surface area (Å²) in [6.45, 7) is 0.233. The second-order valence-corrected chi connectivity index (χ2v) is 3.55. The van der Waals surface area contributed by atoms with Crippen molar-refractivity contribution in [3.8, 4) is 6.07 Å². The van der Waals surface area contributed by atoms with E-state index in [0.717, 1.165) is 6.07 Å². The van der Waals surface area contributed by atoms with Crippen LogP contribution in [0.3, 0.4) is 0 Å². The number of halogens is 1. The fraction of sp³-hybridized carbons (Fsp3) is 0.333. The van der Waals surface area contributed by atoms with Gasteiger partial charge in [0.1, 0.15) is 24.0 Å². The van der Waals surface area contributed by atoms with Crippen LogP contribution in [0.4, 0.5) is 10.1 Å². The molecular weight excluding hydrogens is 239 g/mol. The minimum atomic E-state index is -1.06. The molecule has 0 aliphatic heterocycles.